The monoisotopic (exact) mass is 437 g/mol. The number of benzene rings is 2. The molecule has 0 aromatic heterocycles. The minimum atomic E-state index is -5.16. The van der Waals surface area contributed by atoms with Crippen LogP contribution in [0.3, 0.4) is 0 Å². The smallest absolute Gasteiger partial charge is 0.491 e. The van der Waals surface area contributed by atoms with Crippen LogP contribution < -0.4 is 10.1 Å². The van der Waals surface area contributed by atoms with Crippen LogP contribution in [0.4, 0.5) is 13.2 Å². The third-order valence-corrected chi connectivity index (χ3v) is 4.38. The molecule has 0 saturated carbocycles. The van der Waals surface area contributed by atoms with E-state index >= 15 is 0 Å². The van der Waals surface area contributed by atoms with E-state index in [1.807, 2.05) is 42.5 Å². The molecular formula is C23H26F3NO4. The summed E-state index contributed by atoms with van der Waals surface area (Å²) >= 11 is 0. The predicted molar refractivity (Wildman–Crippen MR) is 110 cm³/mol. The van der Waals surface area contributed by atoms with Gasteiger partial charge in [0, 0.05) is 6.54 Å². The van der Waals surface area contributed by atoms with Crippen LogP contribution in [0.15, 0.2) is 54.6 Å². The molecule has 2 aromatic rings. The van der Waals surface area contributed by atoms with Gasteiger partial charge >= 0.3 is 18.1 Å². The number of carbonyl (C=O) groups is 2. The Labute approximate surface area is 179 Å². The molecule has 5 nitrogen and oxygen atoms in total. The Morgan fingerprint density at radius 3 is 2.32 bits per heavy atom. The number of alkyl halides is 3. The topological polar surface area (TPSA) is 64.6 Å². The lowest BCUT2D eigenvalue weighted by Crippen LogP contribution is -2.29. The second kappa shape index (κ2) is 12.7. The maximum atomic E-state index is 12.0. The quantitative estimate of drug-likeness (QED) is 0.306. The van der Waals surface area contributed by atoms with Crippen LogP contribution in [-0.4, -0.2) is 37.8 Å². The van der Waals surface area contributed by atoms with Crippen molar-refractivity contribution in [1.29, 1.82) is 0 Å². The van der Waals surface area contributed by atoms with Crippen LogP contribution in [0.25, 0.3) is 0 Å². The van der Waals surface area contributed by atoms with Gasteiger partial charge in [-0.1, -0.05) is 42.5 Å². The number of ether oxygens (including phenoxy) is 2. The highest BCUT2D eigenvalue weighted by atomic mass is 19.4. The molecule has 0 radical (unpaired) electrons. The maximum Gasteiger partial charge on any atom is 0.491 e. The van der Waals surface area contributed by atoms with E-state index in [2.05, 4.69) is 22.2 Å². The second-order valence-electron chi connectivity index (χ2n) is 6.95. The van der Waals surface area contributed by atoms with Crippen molar-refractivity contribution >= 4 is 11.9 Å². The van der Waals surface area contributed by atoms with Gasteiger partial charge in [-0.3, -0.25) is 4.79 Å². The summed E-state index contributed by atoms with van der Waals surface area (Å²) in [4.78, 5) is 21.7. The van der Waals surface area contributed by atoms with Crippen LogP contribution in [0.5, 0.6) is 5.75 Å². The van der Waals surface area contributed by atoms with Crippen LogP contribution >= 0.6 is 0 Å². The van der Waals surface area contributed by atoms with E-state index in [0.29, 0.717) is 13.2 Å². The SMILES string of the molecule is O=C(CCNCCCc1cccc(OCCCc2ccccc2)c1)OC(=O)C(F)(F)F. The molecule has 0 amide bonds. The lowest BCUT2D eigenvalue weighted by atomic mass is 10.1. The lowest BCUT2D eigenvalue weighted by Gasteiger charge is -2.09. The standard InChI is InChI=1S/C23H26F3NO4/c24-23(25,26)22(29)31-21(28)13-15-27-14-5-10-19-9-4-12-20(17-19)30-16-6-11-18-7-2-1-3-8-18/h1-4,7-9,12,17,27H,5-6,10-11,13-16H2. The fraction of sp³-hybridized carbons (Fsp3) is 0.391. The molecule has 0 saturated heterocycles. The van der Waals surface area contributed by atoms with Crippen LogP contribution in [0.2, 0.25) is 0 Å². The maximum absolute atomic E-state index is 12.0. The number of esters is 2. The molecule has 0 aliphatic carbocycles. The van der Waals surface area contributed by atoms with Gasteiger partial charge in [0.2, 0.25) is 0 Å². The van der Waals surface area contributed by atoms with Crippen molar-refractivity contribution in [3.8, 4) is 5.75 Å². The van der Waals surface area contributed by atoms with Gasteiger partial charge in [-0.05, 0) is 55.5 Å². The van der Waals surface area contributed by atoms with Crippen molar-refractivity contribution in [3.63, 3.8) is 0 Å². The summed E-state index contributed by atoms with van der Waals surface area (Å²) in [5.74, 6) is -2.87. The number of nitrogens with one attached hydrogen (secondary N) is 1. The van der Waals surface area contributed by atoms with Gasteiger partial charge in [0.25, 0.3) is 0 Å². The zero-order valence-electron chi connectivity index (χ0n) is 17.1. The lowest BCUT2D eigenvalue weighted by molar-refractivity contribution is -0.201. The molecule has 168 valence electrons. The zero-order chi connectivity index (χ0) is 22.5. The van der Waals surface area contributed by atoms with E-state index in [1.54, 1.807) is 0 Å². The van der Waals surface area contributed by atoms with Crippen molar-refractivity contribution in [2.24, 2.45) is 0 Å². The number of rotatable bonds is 12. The highest BCUT2D eigenvalue weighted by Crippen LogP contribution is 2.17. The molecule has 0 aliphatic rings. The van der Waals surface area contributed by atoms with Gasteiger partial charge in [0.05, 0.1) is 13.0 Å². The van der Waals surface area contributed by atoms with Crippen molar-refractivity contribution in [2.75, 3.05) is 19.7 Å². The number of hydrogen-bond donors (Lipinski definition) is 1. The average Bonchev–Trinajstić information content (AvgIpc) is 2.74. The first-order chi connectivity index (χ1) is 14.8. The van der Waals surface area contributed by atoms with E-state index in [0.717, 1.165) is 37.0 Å². The Morgan fingerprint density at radius 2 is 1.58 bits per heavy atom. The Balaban J connectivity index is 1.57. The van der Waals surface area contributed by atoms with Gasteiger partial charge in [0.15, 0.2) is 0 Å². The number of halogens is 3. The number of hydrogen-bond acceptors (Lipinski definition) is 5. The van der Waals surface area contributed by atoms with Gasteiger partial charge in [0.1, 0.15) is 5.75 Å². The molecule has 1 N–H and O–H groups in total. The Bertz CT molecular complexity index is 825. The second-order valence-corrected chi connectivity index (χ2v) is 6.95. The van der Waals surface area contributed by atoms with Crippen LogP contribution in [0.1, 0.15) is 30.4 Å². The first-order valence-electron chi connectivity index (χ1n) is 10.1. The summed E-state index contributed by atoms with van der Waals surface area (Å²) in [5, 5.41) is 2.95. The molecule has 0 unspecified atom stereocenters. The summed E-state index contributed by atoms with van der Waals surface area (Å²) in [6, 6.07) is 18.1. The molecule has 0 heterocycles. The van der Waals surface area contributed by atoms with Crippen molar-refractivity contribution in [2.45, 2.75) is 38.3 Å². The molecule has 0 bridgehead atoms. The zero-order valence-corrected chi connectivity index (χ0v) is 17.1. The Morgan fingerprint density at radius 1 is 0.871 bits per heavy atom. The molecule has 0 spiro atoms. The van der Waals surface area contributed by atoms with E-state index in [1.165, 1.54) is 5.56 Å². The third kappa shape index (κ3) is 10.1. The van der Waals surface area contributed by atoms with Crippen molar-refractivity contribution in [1.82, 2.24) is 5.32 Å². The normalized spacial score (nSPS) is 11.2. The van der Waals surface area contributed by atoms with Gasteiger partial charge < -0.3 is 14.8 Å². The van der Waals surface area contributed by atoms with Crippen molar-refractivity contribution in [3.05, 3.63) is 65.7 Å². The predicted octanol–water partition coefficient (Wildman–Crippen LogP) is 4.24. The van der Waals surface area contributed by atoms with E-state index in [4.69, 9.17) is 4.74 Å². The van der Waals surface area contributed by atoms with Gasteiger partial charge in [-0.25, -0.2) is 4.79 Å². The third-order valence-electron chi connectivity index (χ3n) is 4.38. The minimum Gasteiger partial charge on any atom is -0.494 e. The summed E-state index contributed by atoms with van der Waals surface area (Å²) < 4.78 is 45.5. The molecule has 0 fully saturated rings. The van der Waals surface area contributed by atoms with Crippen LogP contribution in [0, 0.1) is 0 Å². The molecule has 0 aliphatic heterocycles. The molecule has 2 aromatic carbocycles. The first kappa shape index (κ1) is 24.4. The molecular weight excluding hydrogens is 411 g/mol. The summed E-state index contributed by atoms with van der Waals surface area (Å²) in [7, 11) is 0. The van der Waals surface area contributed by atoms with Gasteiger partial charge in [-0.15, -0.1) is 0 Å². The van der Waals surface area contributed by atoms with E-state index in [-0.39, 0.29) is 13.0 Å². The van der Waals surface area contributed by atoms with E-state index in [9.17, 15) is 22.8 Å². The fourth-order valence-electron chi connectivity index (χ4n) is 2.85. The summed E-state index contributed by atoms with van der Waals surface area (Å²) in [6.45, 7) is 1.34. The Hall–Kier alpha value is -2.87. The van der Waals surface area contributed by atoms with E-state index < -0.39 is 18.1 Å². The first-order valence-corrected chi connectivity index (χ1v) is 10.1. The van der Waals surface area contributed by atoms with Crippen LogP contribution in [-0.2, 0) is 27.2 Å². The van der Waals surface area contributed by atoms with Gasteiger partial charge in [-0.2, -0.15) is 13.2 Å². The highest BCUT2D eigenvalue weighted by molar-refractivity contribution is 5.88. The minimum absolute atomic E-state index is 0.133. The molecule has 8 heteroatoms. The van der Waals surface area contributed by atoms with Crippen molar-refractivity contribution < 1.29 is 32.2 Å². The molecule has 0 atom stereocenters. The molecule has 2 rings (SSSR count). The number of carbonyl (C=O) groups excluding carboxylic acids is 2. The average molecular weight is 437 g/mol. The highest BCUT2D eigenvalue weighted by Gasteiger charge is 2.42. The summed E-state index contributed by atoms with van der Waals surface area (Å²) in [5.41, 5.74) is 2.39. The Kier molecular flexibility index (Phi) is 10.0. The largest absolute Gasteiger partial charge is 0.494 e. The molecule has 31 heavy (non-hydrogen) atoms. The fourth-order valence-corrected chi connectivity index (χ4v) is 2.85. The summed E-state index contributed by atoms with van der Waals surface area (Å²) in [6.07, 6.45) is -2.03. The number of aryl methyl sites for hydroxylation is 2.